The van der Waals surface area contributed by atoms with Gasteiger partial charge < -0.3 is 13.9 Å². The smallest absolute Gasteiger partial charge is 0.348 e. The van der Waals surface area contributed by atoms with Gasteiger partial charge in [-0.15, -0.1) is 0 Å². The van der Waals surface area contributed by atoms with Gasteiger partial charge in [0.05, 0.1) is 6.10 Å². The molecule has 0 saturated carbocycles. The molecule has 0 N–H and O–H groups in total. The maximum absolute atomic E-state index is 13.9. The Morgan fingerprint density at radius 1 is 1.09 bits per heavy atom. The normalized spacial score (nSPS) is 26.2. The molecule has 32 heavy (non-hydrogen) atoms. The highest BCUT2D eigenvalue weighted by Gasteiger charge is 2.50. The summed E-state index contributed by atoms with van der Waals surface area (Å²) in [7, 11) is -2.07. The van der Waals surface area contributed by atoms with Crippen LogP contribution in [0.5, 0.6) is 0 Å². The Kier molecular flexibility index (Phi) is 7.07. The summed E-state index contributed by atoms with van der Waals surface area (Å²) in [5.41, 5.74) is 1.19. The number of ether oxygens (including phenoxy) is 2. The van der Waals surface area contributed by atoms with Gasteiger partial charge >= 0.3 is 5.97 Å². The molecule has 1 aliphatic heterocycles. The van der Waals surface area contributed by atoms with Crippen molar-refractivity contribution in [2.45, 2.75) is 113 Å². The van der Waals surface area contributed by atoms with Gasteiger partial charge in [-0.1, -0.05) is 48.5 Å². The summed E-state index contributed by atoms with van der Waals surface area (Å²) >= 11 is 0. The number of cyclic esters (lactones) is 1. The van der Waals surface area contributed by atoms with E-state index in [9.17, 15) is 9.59 Å². The first kappa shape index (κ1) is 26.8. The van der Waals surface area contributed by atoms with Gasteiger partial charge in [0.2, 0.25) is 5.79 Å². The molecule has 0 bridgehead atoms. The van der Waals surface area contributed by atoms with Gasteiger partial charge in [-0.2, -0.15) is 0 Å². The zero-order valence-electron chi connectivity index (χ0n) is 22.5. The number of Topliss-reactive ketones (excluding diaryl/α,β-unsaturated/α-hetero) is 1. The van der Waals surface area contributed by atoms with Gasteiger partial charge in [0.15, 0.2) is 14.1 Å². The van der Waals surface area contributed by atoms with E-state index in [0.717, 1.165) is 12.0 Å². The van der Waals surface area contributed by atoms with Crippen molar-refractivity contribution in [1.82, 2.24) is 0 Å². The Hall–Kier alpha value is -1.40. The van der Waals surface area contributed by atoms with Crippen molar-refractivity contribution in [3.8, 4) is 0 Å². The van der Waals surface area contributed by atoms with Gasteiger partial charge in [-0.05, 0) is 61.2 Å². The van der Waals surface area contributed by atoms with Crippen molar-refractivity contribution in [2.75, 3.05) is 0 Å². The number of hydrogen-bond donors (Lipinski definition) is 0. The van der Waals surface area contributed by atoms with E-state index in [1.807, 2.05) is 6.92 Å². The van der Waals surface area contributed by atoms with Crippen LogP contribution in [0.1, 0.15) is 82.6 Å². The monoisotopic (exact) mass is 464 g/mol. The van der Waals surface area contributed by atoms with E-state index in [1.54, 1.807) is 20.8 Å². The molecule has 0 aromatic heterocycles. The molecule has 1 heterocycles. The van der Waals surface area contributed by atoms with E-state index < -0.39 is 25.5 Å². The van der Waals surface area contributed by atoms with Crippen molar-refractivity contribution in [2.24, 2.45) is 17.3 Å². The lowest BCUT2D eigenvalue weighted by Crippen LogP contribution is -2.49. The Bertz CT molecular complexity index is 852. The summed E-state index contributed by atoms with van der Waals surface area (Å²) in [5, 5.41) is 0.0590. The number of hydrogen-bond acceptors (Lipinski definition) is 5. The predicted octanol–water partition coefficient (Wildman–Crippen LogP) is 6.55. The van der Waals surface area contributed by atoms with Crippen molar-refractivity contribution in [3.05, 3.63) is 22.5 Å². The predicted molar refractivity (Wildman–Crippen MR) is 130 cm³/mol. The molecule has 0 saturated heterocycles. The fraction of sp³-hybridized carbons (Fsp3) is 0.769. The molecule has 5 nitrogen and oxygen atoms in total. The average molecular weight is 465 g/mol. The molecule has 2 rings (SSSR count). The van der Waals surface area contributed by atoms with Gasteiger partial charge in [0, 0.05) is 19.4 Å². The highest BCUT2D eigenvalue weighted by molar-refractivity contribution is 6.74. The Labute approximate surface area is 196 Å². The van der Waals surface area contributed by atoms with Crippen LogP contribution in [0, 0.1) is 17.3 Å². The fourth-order valence-corrected chi connectivity index (χ4v) is 6.38. The highest BCUT2D eigenvalue weighted by Crippen LogP contribution is 2.51. The van der Waals surface area contributed by atoms with Crippen LogP contribution in [0.2, 0.25) is 18.1 Å². The van der Waals surface area contributed by atoms with Gasteiger partial charge in [0.1, 0.15) is 11.3 Å². The molecule has 2 aliphatic rings. The molecule has 0 spiro atoms. The third-order valence-electron chi connectivity index (χ3n) is 7.71. The lowest BCUT2D eigenvalue weighted by Gasteiger charge is -2.49. The van der Waals surface area contributed by atoms with Gasteiger partial charge in [-0.3, -0.25) is 4.79 Å². The third-order valence-corrected chi connectivity index (χ3v) is 12.2. The van der Waals surface area contributed by atoms with Crippen LogP contribution >= 0.6 is 0 Å². The maximum Gasteiger partial charge on any atom is 0.348 e. The summed E-state index contributed by atoms with van der Waals surface area (Å²) < 4.78 is 18.0. The Morgan fingerprint density at radius 3 is 2.06 bits per heavy atom. The Balaban J connectivity index is 2.65. The molecule has 0 amide bonds. The topological polar surface area (TPSA) is 61.8 Å². The summed E-state index contributed by atoms with van der Waals surface area (Å²) in [6.07, 6.45) is 0.722. The molecule has 2 atom stereocenters. The summed E-state index contributed by atoms with van der Waals surface area (Å²) in [4.78, 5) is 26.8. The first-order valence-electron chi connectivity index (χ1n) is 11.8. The first-order chi connectivity index (χ1) is 14.2. The fourth-order valence-electron chi connectivity index (χ4n) is 5.04. The van der Waals surface area contributed by atoms with Crippen molar-refractivity contribution in [3.63, 3.8) is 0 Å². The molecule has 0 unspecified atom stereocenters. The van der Waals surface area contributed by atoms with Gasteiger partial charge in [-0.25, -0.2) is 4.79 Å². The number of rotatable bonds is 5. The van der Waals surface area contributed by atoms with Crippen LogP contribution in [0.25, 0.3) is 0 Å². The molecule has 0 radical (unpaired) electrons. The highest BCUT2D eigenvalue weighted by atomic mass is 28.4. The second-order valence-corrected chi connectivity index (χ2v) is 17.1. The van der Waals surface area contributed by atoms with E-state index in [4.69, 9.17) is 13.9 Å². The minimum Gasteiger partial charge on any atom is -0.456 e. The van der Waals surface area contributed by atoms with E-state index >= 15 is 0 Å². The molecule has 1 aliphatic carbocycles. The molecule has 6 heteroatoms. The van der Waals surface area contributed by atoms with Crippen LogP contribution < -0.4 is 0 Å². The zero-order valence-corrected chi connectivity index (χ0v) is 23.5. The van der Waals surface area contributed by atoms with E-state index in [2.05, 4.69) is 61.6 Å². The largest absolute Gasteiger partial charge is 0.456 e. The summed E-state index contributed by atoms with van der Waals surface area (Å²) in [5.74, 6) is -1.08. The van der Waals surface area contributed by atoms with Crippen molar-refractivity contribution >= 4 is 20.1 Å². The molecular formula is C26H44O5Si. The molecule has 0 aromatic carbocycles. The lowest BCUT2D eigenvalue weighted by atomic mass is 9.59. The number of esters is 1. The van der Waals surface area contributed by atoms with Crippen LogP contribution in [0.15, 0.2) is 22.5 Å². The Morgan fingerprint density at radius 2 is 1.62 bits per heavy atom. The lowest BCUT2D eigenvalue weighted by molar-refractivity contribution is -0.207. The molecule has 182 valence electrons. The summed E-state index contributed by atoms with van der Waals surface area (Å²) in [6, 6.07) is 0. The van der Waals surface area contributed by atoms with E-state index in [1.165, 1.54) is 0 Å². The zero-order chi connectivity index (χ0) is 25.0. The average Bonchev–Trinajstić information content (AvgIpc) is 2.53. The maximum atomic E-state index is 13.9. The quantitative estimate of drug-likeness (QED) is 0.262. The molecular weight excluding hydrogens is 420 g/mol. The minimum atomic E-state index is -2.07. The SMILES string of the molecule is CC1=C(C(=O)C2=C(C)[C@@H](O[Si](C)(C)C(C)(C)C)C[C@@H](C(C)C)C2(C)C)C(=O)OC(C)(C)O1. The standard InChI is InChI=1S/C26H44O5Si/c1-15(2)18-14-19(31-32(12,13)24(5,6)7)16(3)21(25(18,8)9)22(27)20-17(4)29-26(10,11)30-23(20)28/h15,18-19H,14H2,1-13H3/t18-,19-/m0/s1. The van der Waals surface area contributed by atoms with Crippen LogP contribution in [0.4, 0.5) is 0 Å². The summed E-state index contributed by atoms with van der Waals surface area (Å²) in [6.45, 7) is 26.8. The van der Waals surface area contributed by atoms with Gasteiger partial charge in [0.25, 0.3) is 0 Å². The van der Waals surface area contributed by atoms with Crippen LogP contribution in [-0.2, 0) is 23.5 Å². The molecule has 0 fully saturated rings. The van der Waals surface area contributed by atoms with Crippen LogP contribution in [-0.4, -0.2) is 32.0 Å². The second-order valence-electron chi connectivity index (χ2n) is 12.4. The third kappa shape index (κ3) is 4.91. The van der Waals surface area contributed by atoms with Crippen molar-refractivity contribution in [1.29, 1.82) is 0 Å². The number of allylic oxidation sites excluding steroid dienone is 2. The van der Waals surface area contributed by atoms with Crippen molar-refractivity contribution < 1.29 is 23.5 Å². The second kappa shape index (κ2) is 8.43. The van der Waals surface area contributed by atoms with E-state index in [0.29, 0.717) is 17.3 Å². The minimum absolute atomic E-state index is 0.00207. The van der Waals surface area contributed by atoms with E-state index in [-0.39, 0.29) is 28.4 Å². The first-order valence-corrected chi connectivity index (χ1v) is 14.7. The molecule has 0 aromatic rings. The number of carbonyl (C=O) groups is 2. The number of carbonyl (C=O) groups excluding carboxylic acids is 2. The number of ketones is 1. The van der Waals surface area contributed by atoms with Crippen LogP contribution in [0.3, 0.4) is 0 Å².